The van der Waals surface area contributed by atoms with Crippen molar-refractivity contribution in [3.05, 3.63) is 89.6 Å². The smallest absolute Gasteiger partial charge is 0.248 e. The summed E-state index contributed by atoms with van der Waals surface area (Å²) in [5.74, 6) is -0.226. The second-order valence-corrected chi connectivity index (χ2v) is 6.46. The molecule has 0 aliphatic heterocycles. The highest BCUT2D eigenvalue weighted by Gasteiger charge is 2.06. The lowest BCUT2D eigenvalue weighted by Crippen LogP contribution is -2.07. The van der Waals surface area contributed by atoms with Gasteiger partial charge < -0.3 is 5.32 Å². The molecule has 0 atom stereocenters. The van der Waals surface area contributed by atoms with Gasteiger partial charge >= 0.3 is 0 Å². The van der Waals surface area contributed by atoms with Crippen LogP contribution in [0.25, 0.3) is 23.1 Å². The van der Waals surface area contributed by atoms with Crippen LogP contribution in [0.1, 0.15) is 5.56 Å². The van der Waals surface area contributed by atoms with Gasteiger partial charge in [-0.3, -0.25) is 9.20 Å². The van der Waals surface area contributed by atoms with Crippen molar-refractivity contribution in [2.45, 2.75) is 0 Å². The minimum Gasteiger partial charge on any atom is -0.323 e. The summed E-state index contributed by atoms with van der Waals surface area (Å²) >= 11 is 5.71. The molecule has 5 nitrogen and oxygen atoms in total. The summed E-state index contributed by atoms with van der Waals surface area (Å²) in [6, 6.07) is 13.4. The fraction of sp³-hybridized carbons (Fsp3) is 0. The quantitative estimate of drug-likeness (QED) is 0.505. The Morgan fingerprint density at radius 2 is 2.00 bits per heavy atom. The molecule has 0 aliphatic carbocycles. The Labute approximate surface area is 165 Å². The molecule has 4 aromatic rings. The lowest BCUT2D eigenvalue weighted by atomic mass is 10.1. The van der Waals surface area contributed by atoms with Crippen LogP contribution in [0.4, 0.5) is 10.1 Å². The van der Waals surface area contributed by atoms with Gasteiger partial charge in [0.1, 0.15) is 5.82 Å². The number of anilines is 1. The topological polar surface area (TPSA) is 59.3 Å². The SMILES string of the molecule is O=C(/C=C/c1ccc(Cl)cc1F)Nc1ccc(-c2cn3cccnc3n2)cc1. The average Bonchev–Trinajstić information content (AvgIpc) is 3.12. The molecule has 0 radical (unpaired) electrons. The number of benzene rings is 2. The third-order valence-electron chi connectivity index (χ3n) is 4.06. The lowest BCUT2D eigenvalue weighted by molar-refractivity contribution is -0.111. The molecule has 1 amide bonds. The molecule has 0 saturated heterocycles. The molecule has 0 aliphatic rings. The van der Waals surface area contributed by atoms with E-state index in [-0.39, 0.29) is 11.5 Å². The monoisotopic (exact) mass is 392 g/mol. The van der Waals surface area contributed by atoms with Crippen molar-refractivity contribution >= 4 is 35.0 Å². The molecule has 2 heterocycles. The maximum absolute atomic E-state index is 13.7. The largest absolute Gasteiger partial charge is 0.323 e. The predicted octanol–water partition coefficient (Wildman–Crippen LogP) is 4.84. The summed E-state index contributed by atoms with van der Waals surface area (Å²) in [6.07, 6.45) is 8.13. The first-order chi connectivity index (χ1) is 13.6. The van der Waals surface area contributed by atoms with Crippen LogP contribution in [0, 0.1) is 5.82 Å². The number of halogens is 2. The fourth-order valence-corrected chi connectivity index (χ4v) is 2.84. The fourth-order valence-electron chi connectivity index (χ4n) is 2.68. The standard InChI is InChI=1S/C21H14ClFN4O/c22-16-6-2-14(18(23)12-16)5-9-20(28)25-17-7-3-15(4-8-17)19-13-27-11-1-10-24-21(27)26-19/h1-13H,(H,25,28)/b9-5+. The Balaban J connectivity index is 1.45. The van der Waals surface area contributed by atoms with Crippen molar-refractivity contribution in [1.82, 2.24) is 14.4 Å². The minimum atomic E-state index is -0.483. The third-order valence-corrected chi connectivity index (χ3v) is 4.30. The Bertz CT molecular complexity index is 1150. The number of imidazole rings is 1. The van der Waals surface area contributed by atoms with E-state index in [0.717, 1.165) is 11.3 Å². The minimum absolute atomic E-state index is 0.287. The van der Waals surface area contributed by atoms with Gasteiger partial charge in [-0.25, -0.2) is 14.4 Å². The second-order valence-electron chi connectivity index (χ2n) is 6.02. The molecule has 7 heteroatoms. The van der Waals surface area contributed by atoms with E-state index < -0.39 is 5.82 Å². The molecule has 1 N–H and O–H groups in total. The number of nitrogens with zero attached hydrogens (tertiary/aromatic N) is 3. The van der Waals surface area contributed by atoms with Crippen molar-refractivity contribution in [3.63, 3.8) is 0 Å². The molecule has 0 bridgehead atoms. The number of hydrogen-bond donors (Lipinski definition) is 1. The van der Waals surface area contributed by atoms with Gasteiger partial charge in [-0.05, 0) is 36.4 Å². The molecular weight excluding hydrogens is 379 g/mol. The van der Waals surface area contributed by atoms with E-state index in [2.05, 4.69) is 15.3 Å². The summed E-state index contributed by atoms with van der Waals surface area (Å²) in [6.45, 7) is 0. The van der Waals surface area contributed by atoms with Crippen LogP contribution in [0.2, 0.25) is 5.02 Å². The maximum atomic E-state index is 13.7. The number of nitrogens with one attached hydrogen (secondary N) is 1. The van der Waals surface area contributed by atoms with E-state index in [1.54, 1.807) is 24.4 Å². The Morgan fingerprint density at radius 3 is 2.75 bits per heavy atom. The summed E-state index contributed by atoms with van der Waals surface area (Å²) in [5, 5.41) is 3.04. The van der Waals surface area contributed by atoms with Gasteiger partial charge in [-0.15, -0.1) is 0 Å². The van der Waals surface area contributed by atoms with Gasteiger partial charge in [0.15, 0.2) is 0 Å². The highest BCUT2D eigenvalue weighted by atomic mass is 35.5. The van der Waals surface area contributed by atoms with Gasteiger partial charge in [-0.2, -0.15) is 0 Å². The molecule has 138 valence electrons. The van der Waals surface area contributed by atoms with Gasteiger partial charge in [0.05, 0.1) is 5.69 Å². The zero-order valence-electron chi connectivity index (χ0n) is 14.5. The zero-order valence-corrected chi connectivity index (χ0v) is 15.3. The van der Waals surface area contributed by atoms with Gasteiger partial charge in [-0.1, -0.05) is 29.8 Å². The number of rotatable bonds is 4. The average molecular weight is 393 g/mol. The number of carbonyl (C=O) groups is 1. The molecule has 2 aromatic heterocycles. The van der Waals surface area contributed by atoms with Crippen LogP contribution >= 0.6 is 11.6 Å². The summed E-state index contributed by atoms with van der Waals surface area (Å²) in [4.78, 5) is 20.7. The van der Waals surface area contributed by atoms with Crippen LogP contribution in [-0.4, -0.2) is 20.3 Å². The van der Waals surface area contributed by atoms with Crippen LogP contribution in [0.5, 0.6) is 0 Å². The highest BCUT2D eigenvalue weighted by molar-refractivity contribution is 6.30. The van der Waals surface area contributed by atoms with Gasteiger partial charge in [0.25, 0.3) is 0 Å². The zero-order chi connectivity index (χ0) is 19.5. The van der Waals surface area contributed by atoms with Crippen LogP contribution in [-0.2, 0) is 4.79 Å². The molecule has 28 heavy (non-hydrogen) atoms. The Morgan fingerprint density at radius 1 is 1.18 bits per heavy atom. The van der Waals surface area contributed by atoms with Gasteiger partial charge in [0.2, 0.25) is 11.7 Å². The molecule has 2 aromatic carbocycles. The van der Waals surface area contributed by atoms with Crippen LogP contribution in [0.3, 0.4) is 0 Å². The van der Waals surface area contributed by atoms with Crippen molar-refractivity contribution < 1.29 is 9.18 Å². The number of fused-ring (bicyclic) bond motifs is 1. The van der Waals surface area contributed by atoms with Crippen LogP contribution in [0.15, 0.2) is 73.2 Å². The maximum Gasteiger partial charge on any atom is 0.248 e. The van der Waals surface area contributed by atoms with E-state index in [4.69, 9.17) is 11.6 Å². The highest BCUT2D eigenvalue weighted by Crippen LogP contribution is 2.21. The Hall–Kier alpha value is -3.51. The molecule has 0 unspecified atom stereocenters. The van der Waals surface area contributed by atoms with Crippen molar-refractivity contribution in [2.75, 3.05) is 5.32 Å². The number of aromatic nitrogens is 3. The number of hydrogen-bond acceptors (Lipinski definition) is 3. The first-order valence-corrected chi connectivity index (χ1v) is 8.80. The third kappa shape index (κ3) is 3.92. The molecule has 0 saturated carbocycles. The summed E-state index contributed by atoms with van der Waals surface area (Å²) in [7, 11) is 0. The van der Waals surface area contributed by atoms with Crippen molar-refractivity contribution in [2.24, 2.45) is 0 Å². The number of amides is 1. The van der Waals surface area contributed by atoms with E-state index in [1.165, 1.54) is 24.3 Å². The van der Waals surface area contributed by atoms with E-state index in [9.17, 15) is 9.18 Å². The Kier molecular flexibility index (Phi) is 4.87. The molecule has 0 spiro atoms. The van der Waals surface area contributed by atoms with Crippen molar-refractivity contribution in [1.29, 1.82) is 0 Å². The summed E-state index contributed by atoms with van der Waals surface area (Å²) in [5.41, 5.74) is 2.60. The van der Waals surface area contributed by atoms with E-state index in [0.29, 0.717) is 16.5 Å². The first kappa shape index (κ1) is 17.9. The number of carbonyl (C=O) groups excluding carboxylic acids is 1. The van der Waals surface area contributed by atoms with Crippen LogP contribution < -0.4 is 5.32 Å². The first-order valence-electron chi connectivity index (χ1n) is 8.43. The van der Waals surface area contributed by atoms with Crippen molar-refractivity contribution in [3.8, 4) is 11.3 Å². The van der Waals surface area contributed by atoms with E-state index >= 15 is 0 Å². The van der Waals surface area contributed by atoms with Gasteiger partial charge in [0, 0.05) is 46.5 Å². The summed E-state index contributed by atoms with van der Waals surface area (Å²) < 4.78 is 15.6. The molecule has 4 rings (SSSR count). The normalized spacial score (nSPS) is 11.2. The molecular formula is C21H14ClFN4O. The second kappa shape index (κ2) is 7.62. The molecule has 0 fully saturated rings. The van der Waals surface area contributed by atoms with E-state index in [1.807, 2.05) is 35.0 Å². The lowest BCUT2D eigenvalue weighted by Gasteiger charge is -2.03. The predicted molar refractivity (Wildman–Crippen MR) is 107 cm³/mol.